The van der Waals surface area contributed by atoms with Crippen molar-refractivity contribution in [2.24, 2.45) is 0 Å². The fraction of sp³-hybridized carbons (Fsp3) is 0.671. The predicted octanol–water partition coefficient (Wildman–Crippen LogP) is 17.9. The van der Waals surface area contributed by atoms with Crippen LogP contribution in [0.1, 0.15) is 245 Å². The molecule has 79 heavy (non-hydrogen) atoms. The molecule has 9 heteroatoms. The Morgan fingerprint density at radius 2 is 0.684 bits per heavy atom. The number of quaternary nitrogens is 1. The highest BCUT2D eigenvalue weighted by atomic mass is 16.7. The van der Waals surface area contributed by atoms with Crippen LogP contribution >= 0.6 is 0 Å². The van der Waals surface area contributed by atoms with Crippen LogP contribution in [0, 0.1) is 0 Å². The van der Waals surface area contributed by atoms with Crippen LogP contribution in [0.2, 0.25) is 0 Å². The van der Waals surface area contributed by atoms with E-state index in [0.717, 1.165) is 116 Å². The van der Waals surface area contributed by atoms with Gasteiger partial charge in [-0.05, 0) is 103 Å². The number of carbonyl (C=O) groups excluding carboxylic acids is 3. The Hall–Kier alpha value is -4.31. The summed E-state index contributed by atoms with van der Waals surface area (Å²) in [7, 11) is 5.92. The summed E-state index contributed by atoms with van der Waals surface area (Å²) in [6.07, 6.45) is 81.2. The molecule has 2 unspecified atom stereocenters. The van der Waals surface area contributed by atoms with Gasteiger partial charge in [0.2, 0.25) is 0 Å². The third-order valence-corrected chi connectivity index (χ3v) is 13.2. The zero-order valence-corrected chi connectivity index (χ0v) is 51.2. The molecule has 0 rings (SSSR count). The van der Waals surface area contributed by atoms with Crippen molar-refractivity contribution in [3.05, 3.63) is 122 Å². The molecule has 0 saturated heterocycles. The van der Waals surface area contributed by atoms with Crippen molar-refractivity contribution in [3.63, 3.8) is 0 Å². The standard InChI is InChI=1S/C70H117NO8/c1-6-8-10-12-14-16-18-20-22-24-25-26-27-28-29-30-31-32-33-34-35-36-37-38-39-40-41-42-43-45-47-49-51-53-55-57-59-61-68(73)79-66(65-78-70(69(74)75)76-63-62-71(3,4)5)64-77-67(72)60-58-56-54-52-50-48-46-44-23-21-19-17-15-13-11-9-7-2/h8-11,14-17,20-23,25-26,28-29,31-32,34-35,66,70H,6-7,12-13,18-19,24,27,30,33,36-65H2,1-5H3/b10-8-,11-9-,16-14-,17-15-,22-20-,23-21-,26-25-,29-28-,32-31-,35-34-. The molecule has 0 fully saturated rings. The molecular formula is C70H117NO8. The van der Waals surface area contributed by atoms with E-state index in [1.54, 1.807) is 0 Å². The number of carboxylic acid groups (broad SMARTS) is 1. The van der Waals surface area contributed by atoms with E-state index in [1.165, 1.54) is 96.3 Å². The second-order valence-corrected chi connectivity index (χ2v) is 21.9. The minimum Gasteiger partial charge on any atom is -0.545 e. The van der Waals surface area contributed by atoms with Gasteiger partial charge in [-0.2, -0.15) is 0 Å². The molecule has 0 bridgehead atoms. The lowest BCUT2D eigenvalue weighted by atomic mass is 10.0. The topological polar surface area (TPSA) is 111 Å². The number of esters is 2. The Morgan fingerprint density at radius 3 is 1.01 bits per heavy atom. The average molecular weight is 1100 g/mol. The van der Waals surface area contributed by atoms with E-state index in [-0.39, 0.29) is 38.6 Å². The summed E-state index contributed by atoms with van der Waals surface area (Å²) < 4.78 is 22.7. The van der Waals surface area contributed by atoms with Crippen molar-refractivity contribution in [3.8, 4) is 0 Å². The van der Waals surface area contributed by atoms with Crippen LogP contribution in [0.5, 0.6) is 0 Å². The molecule has 0 N–H and O–H groups in total. The molecular weight excluding hydrogens is 983 g/mol. The van der Waals surface area contributed by atoms with Crippen molar-refractivity contribution in [1.29, 1.82) is 0 Å². The quantitative estimate of drug-likeness (QED) is 0.0195. The van der Waals surface area contributed by atoms with Crippen LogP contribution in [0.4, 0.5) is 0 Å². The molecule has 0 saturated carbocycles. The van der Waals surface area contributed by atoms with Gasteiger partial charge in [0.05, 0.1) is 40.3 Å². The highest BCUT2D eigenvalue weighted by molar-refractivity contribution is 5.70. The molecule has 0 spiro atoms. The van der Waals surface area contributed by atoms with Crippen molar-refractivity contribution >= 4 is 17.9 Å². The van der Waals surface area contributed by atoms with Crippen LogP contribution in [0.3, 0.4) is 0 Å². The first-order valence-corrected chi connectivity index (χ1v) is 31.7. The third-order valence-electron chi connectivity index (χ3n) is 13.2. The van der Waals surface area contributed by atoms with Crippen LogP contribution in [-0.2, 0) is 33.3 Å². The molecule has 0 aliphatic carbocycles. The summed E-state index contributed by atoms with van der Waals surface area (Å²) in [5.74, 6) is -2.30. The fourth-order valence-corrected chi connectivity index (χ4v) is 8.41. The summed E-state index contributed by atoms with van der Waals surface area (Å²) in [4.78, 5) is 37.3. The lowest BCUT2D eigenvalue weighted by Gasteiger charge is -2.26. The Morgan fingerprint density at radius 1 is 0.380 bits per heavy atom. The Balaban J connectivity index is 4.12. The maximum atomic E-state index is 12.9. The van der Waals surface area contributed by atoms with Gasteiger partial charge in [0.15, 0.2) is 12.4 Å². The zero-order valence-electron chi connectivity index (χ0n) is 51.2. The first kappa shape index (κ1) is 74.7. The van der Waals surface area contributed by atoms with E-state index in [0.29, 0.717) is 17.4 Å². The number of rotatable bonds is 57. The van der Waals surface area contributed by atoms with Crippen LogP contribution in [0.15, 0.2) is 122 Å². The second kappa shape index (κ2) is 59.8. The maximum absolute atomic E-state index is 12.9. The summed E-state index contributed by atoms with van der Waals surface area (Å²) in [5.41, 5.74) is 0. The summed E-state index contributed by atoms with van der Waals surface area (Å²) in [6, 6.07) is 0. The SMILES string of the molecule is CC/C=C\C/C=C\C/C=C\C/C=C\C/C=C\C/C=C\C/C=C\CCCCCCCCCCCCCCCCCC(=O)OC(COC(=O)CCCCCCCCC/C=C\C/C=C\C/C=C\CC)COC(OCC[N+](C)(C)C)C(=O)[O-]. The Labute approximate surface area is 485 Å². The molecule has 0 aromatic heterocycles. The first-order valence-electron chi connectivity index (χ1n) is 31.7. The normalized spacial score (nSPS) is 13.6. The Kier molecular flexibility index (Phi) is 56.5. The minimum absolute atomic E-state index is 0.141. The Bertz CT molecular complexity index is 1710. The number of hydrogen-bond donors (Lipinski definition) is 0. The number of carboxylic acids is 1. The van der Waals surface area contributed by atoms with Crippen LogP contribution < -0.4 is 5.11 Å². The van der Waals surface area contributed by atoms with E-state index < -0.39 is 24.3 Å². The van der Waals surface area contributed by atoms with E-state index in [9.17, 15) is 19.5 Å². The van der Waals surface area contributed by atoms with Gasteiger partial charge in [-0.3, -0.25) is 9.59 Å². The number of hydrogen-bond acceptors (Lipinski definition) is 8. The highest BCUT2D eigenvalue weighted by Gasteiger charge is 2.22. The van der Waals surface area contributed by atoms with E-state index >= 15 is 0 Å². The molecule has 450 valence electrons. The molecule has 9 nitrogen and oxygen atoms in total. The van der Waals surface area contributed by atoms with Crippen LogP contribution in [0.25, 0.3) is 0 Å². The van der Waals surface area contributed by atoms with Gasteiger partial charge >= 0.3 is 11.9 Å². The third kappa shape index (κ3) is 61.2. The number of likely N-dealkylation sites (N-methyl/N-ethyl adjacent to an activating group) is 1. The van der Waals surface area contributed by atoms with E-state index in [2.05, 4.69) is 135 Å². The lowest BCUT2D eigenvalue weighted by Crippen LogP contribution is -2.44. The number of carbonyl (C=O) groups is 3. The van der Waals surface area contributed by atoms with Gasteiger partial charge in [0, 0.05) is 12.8 Å². The van der Waals surface area contributed by atoms with Crippen molar-refractivity contribution in [2.45, 2.75) is 257 Å². The molecule has 0 aromatic carbocycles. The molecule has 0 aliphatic heterocycles. The average Bonchev–Trinajstić information content (AvgIpc) is 3.42. The number of aliphatic carboxylic acids is 1. The minimum atomic E-state index is -1.63. The van der Waals surface area contributed by atoms with Crippen molar-refractivity contribution < 1.29 is 42.9 Å². The monoisotopic (exact) mass is 1100 g/mol. The summed E-state index contributed by atoms with van der Waals surface area (Å²) in [6.45, 7) is 4.51. The number of allylic oxidation sites excluding steroid dienone is 20. The highest BCUT2D eigenvalue weighted by Crippen LogP contribution is 2.16. The van der Waals surface area contributed by atoms with Crippen LogP contribution in [-0.4, -0.2) is 82.3 Å². The van der Waals surface area contributed by atoms with Gasteiger partial charge in [0.25, 0.3) is 0 Å². The first-order chi connectivity index (χ1) is 38.6. The van der Waals surface area contributed by atoms with Gasteiger partial charge in [-0.15, -0.1) is 0 Å². The van der Waals surface area contributed by atoms with Gasteiger partial charge < -0.3 is 33.3 Å². The van der Waals surface area contributed by atoms with Gasteiger partial charge in [0.1, 0.15) is 13.2 Å². The second-order valence-electron chi connectivity index (χ2n) is 21.9. The molecule has 2 atom stereocenters. The maximum Gasteiger partial charge on any atom is 0.306 e. The van der Waals surface area contributed by atoms with E-state index in [4.69, 9.17) is 18.9 Å². The molecule has 0 amide bonds. The summed E-state index contributed by atoms with van der Waals surface area (Å²) >= 11 is 0. The molecule has 0 aliphatic rings. The van der Waals surface area contributed by atoms with Gasteiger partial charge in [-0.1, -0.05) is 251 Å². The molecule has 0 aromatic rings. The smallest absolute Gasteiger partial charge is 0.306 e. The number of ether oxygens (including phenoxy) is 4. The summed E-state index contributed by atoms with van der Waals surface area (Å²) in [5, 5.41) is 11.8. The number of nitrogens with zero attached hydrogens (tertiary/aromatic N) is 1. The molecule has 0 heterocycles. The van der Waals surface area contributed by atoms with Crippen molar-refractivity contribution in [2.75, 3.05) is 47.5 Å². The lowest BCUT2D eigenvalue weighted by molar-refractivity contribution is -0.870. The van der Waals surface area contributed by atoms with Gasteiger partial charge in [-0.25, -0.2) is 0 Å². The zero-order chi connectivity index (χ0) is 57.6. The van der Waals surface area contributed by atoms with Crippen molar-refractivity contribution in [1.82, 2.24) is 0 Å². The predicted molar refractivity (Wildman–Crippen MR) is 333 cm³/mol. The largest absolute Gasteiger partial charge is 0.545 e. The van der Waals surface area contributed by atoms with E-state index in [1.807, 2.05) is 21.1 Å². The molecule has 0 radical (unpaired) electrons. The fourth-order valence-electron chi connectivity index (χ4n) is 8.41. The number of unbranched alkanes of at least 4 members (excludes halogenated alkanes) is 22.